The van der Waals surface area contributed by atoms with Gasteiger partial charge in [0.1, 0.15) is 5.75 Å². The Morgan fingerprint density at radius 3 is 2.38 bits per heavy atom. The van der Waals surface area contributed by atoms with Crippen LogP contribution in [0.25, 0.3) is 11.5 Å². The zero-order chi connectivity index (χ0) is 14.5. The van der Waals surface area contributed by atoms with Crippen LogP contribution < -0.4 is 4.74 Å². The number of aromatic nitrogens is 2. The summed E-state index contributed by atoms with van der Waals surface area (Å²) in [5.41, 5.74) is 2.17. The molecule has 4 nitrogen and oxygen atoms in total. The zero-order valence-electron chi connectivity index (χ0n) is 11.8. The quantitative estimate of drug-likeness (QED) is 0.715. The average molecular weight is 280 g/mol. The summed E-state index contributed by atoms with van der Waals surface area (Å²) < 4.78 is 11.1. The van der Waals surface area contributed by atoms with Crippen molar-refractivity contribution in [3.8, 4) is 17.2 Å². The normalized spacial score (nSPS) is 10.5. The zero-order valence-corrected chi connectivity index (χ0v) is 11.8. The Kier molecular flexibility index (Phi) is 3.96. The Labute approximate surface area is 123 Å². The van der Waals surface area contributed by atoms with E-state index in [0.29, 0.717) is 18.4 Å². The molecule has 0 spiro atoms. The minimum absolute atomic E-state index is 0.531. The molecule has 0 aliphatic heterocycles. The Morgan fingerprint density at radius 2 is 1.71 bits per heavy atom. The summed E-state index contributed by atoms with van der Waals surface area (Å²) >= 11 is 0. The van der Waals surface area contributed by atoms with Crippen LogP contribution in [0.1, 0.15) is 11.5 Å². The standard InChI is InChI=1S/C17H16N2O2/c1-13-18-19-17(21-13)15-7-9-16(10-8-15)20-12-11-14-5-3-2-4-6-14/h2-10H,11-12H2,1H3. The summed E-state index contributed by atoms with van der Waals surface area (Å²) in [5.74, 6) is 1.93. The van der Waals surface area contributed by atoms with Crippen LogP contribution in [0, 0.1) is 6.92 Å². The molecule has 0 amide bonds. The number of rotatable bonds is 5. The van der Waals surface area contributed by atoms with Gasteiger partial charge >= 0.3 is 0 Å². The van der Waals surface area contributed by atoms with Gasteiger partial charge in [0.2, 0.25) is 11.8 Å². The van der Waals surface area contributed by atoms with E-state index in [1.807, 2.05) is 42.5 Å². The van der Waals surface area contributed by atoms with Crippen LogP contribution in [0.3, 0.4) is 0 Å². The van der Waals surface area contributed by atoms with E-state index in [-0.39, 0.29) is 0 Å². The molecule has 1 heterocycles. The summed E-state index contributed by atoms with van der Waals surface area (Å²) in [6.45, 7) is 2.43. The molecule has 0 fully saturated rings. The Bertz CT molecular complexity index is 690. The highest BCUT2D eigenvalue weighted by molar-refractivity contribution is 5.53. The third-order valence-electron chi connectivity index (χ3n) is 3.13. The van der Waals surface area contributed by atoms with E-state index >= 15 is 0 Å². The molecule has 0 saturated heterocycles. The number of nitrogens with zero attached hydrogens (tertiary/aromatic N) is 2. The molecule has 21 heavy (non-hydrogen) atoms. The smallest absolute Gasteiger partial charge is 0.247 e. The van der Waals surface area contributed by atoms with Crippen molar-refractivity contribution in [1.82, 2.24) is 10.2 Å². The van der Waals surface area contributed by atoms with Gasteiger partial charge in [-0.1, -0.05) is 30.3 Å². The van der Waals surface area contributed by atoms with E-state index in [9.17, 15) is 0 Å². The van der Waals surface area contributed by atoms with Gasteiger partial charge in [-0.2, -0.15) is 0 Å². The lowest BCUT2D eigenvalue weighted by atomic mass is 10.2. The molecule has 0 aliphatic carbocycles. The third kappa shape index (κ3) is 3.48. The first-order chi connectivity index (χ1) is 10.3. The van der Waals surface area contributed by atoms with Gasteiger partial charge in [0.15, 0.2) is 0 Å². The van der Waals surface area contributed by atoms with Gasteiger partial charge in [-0.3, -0.25) is 0 Å². The van der Waals surface area contributed by atoms with Gasteiger partial charge in [0.25, 0.3) is 0 Å². The maximum atomic E-state index is 5.74. The van der Waals surface area contributed by atoms with Crippen molar-refractivity contribution in [2.75, 3.05) is 6.61 Å². The van der Waals surface area contributed by atoms with Gasteiger partial charge in [0.05, 0.1) is 6.61 Å². The average Bonchev–Trinajstić information content (AvgIpc) is 2.96. The highest BCUT2D eigenvalue weighted by atomic mass is 16.5. The molecule has 0 atom stereocenters. The molecule has 0 N–H and O–H groups in total. The Morgan fingerprint density at radius 1 is 0.952 bits per heavy atom. The van der Waals surface area contributed by atoms with Crippen molar-refractivity contribution in [3.05, 3.63) is 66.1 Å². The molecular formula is C17H16N2O2. The number of hydrogen-bond acceptors (Lipinski definition) is 4. The first kappa shape index (κ1) is 13.4. The van der Waals surface area contributed by atoms with Crippen LogP contribution in [0.4, 0.5) is 0 Å². The molecule has 4 heteroatoms. The molecule has 3 rings (SSSR count). The molecule has 0 bridgehead atoms. The summed E-state index contributed by atoms with van der Waals surface area (Å²) in [7, 11) is 0. The van der Waals surface area contributed by atoms with E-state index in [1.165, 1.54) is 5.56 Å². The molecule has 0 radical (unpaired) electrons. The van der Waals surface area contributed by atoms with E-state index in [1.54, 1.807) is 6.92 Å². The van der Waals surface area contributed by atoms with Gasteiger partial charge < -0.3 is 9.15 Å². The van der Waals surface area contributed by atoms with E-state index < -0.39 is 0 Å². The fourth-order valence-electron chi connectivity index (χ4n) is 2.04. The molecule has 3 aromatic rings. The van der Waals surface area contributed by atoms with Crippen LogP contribution >= 0.6 is 0 Å². The number of hydrogen-bond donors (Lipinski definition) is 0. The molecule has 0 aliphatic rings. The minimum atomic E-state index is 0.531. The van der Waals surface area contributed by atoms with Crippen LogP contribution in [-0.4, -0.2) is 16.8 Å². The molecular weight excluding hydrogens is 264 g/mol. The monoisotopic (exact) mass is 280 g/mol. The second-order valence-electron chi connectivity index (χ2n) is 4.73. The Balaban J connectivity index is 1.57. The fourth-order valence-corrected chi connectivity index (χ4v) is 2.04. The number of ether oxygens (including phenoxy) is 1. The predicted octanol–water partition coefficient (Wildman–Crippen LogP) is 3.67. The molecule has 2 aromatic carbocycles. The topological polar surface area (TPSA) is 48.2 Å². The summed E-state index contributed by atoms with van der Waals surface area (Å²) in [6, 6.07) is 18.0. The largest absolute Gasteiger partial charge is 0.493 e. The van der Waals surface area contributed by atoms with Gasteiger partial charge in [-0.05, 0) is 29.8 Å². The van der Waals surface area contributed by atoms with Crippen LogP contribution in [-0.2, 0) is 6.42 Å². The maximum Gasteiger partial charge on any atom is 0.247 e. The van der Waals surface area contributed by atoms with E-state index in [2.05, 4.69) is 22.3 Å². The van der Waals surface area contributed by atoms with E-state index in [0.717, 1.165) is 17.7 Å². The highest BCUT2D eigenvalue weighted by Gasteiger charge is 2.05. The summed E-state index contributed by atoms with van der Waals surface area (Å²) in [4.78, 5) is 0. The lowest BCUT2D eigenvalue weighted by molar-refractivity contribution is 0.322. The third-order valence-corrected chi connectivity index (χ3v) is 3.13. The van der Waals surface area contributed by atoms with Crippen LogP contribution in [0.5, 0.6) is 5.75 Å². The van der Waals surface area contributed by atoms with E-state index in [4.69, 9.17) is 9.15 Å². The Hall–Kier alpha value is -2.62. The second-order valence-corrected chi connectivity index (χ2v) is 4.73. The van der Waals surface area contributed by atoms with Crippen LogP contribution in [0.15, 0.2) is 59.0 Å². The lowest BCUT2D eigenvalue weighted by Gasteiger charge is -2.06. The molecule has 106 valence electrons. The molecule has 0 unspecified atom stereocenters. The summed E-state index contributed by atoms with van der Waals surface area (Å²) in [5, 5.41) is 7.81. The maximum absolute atomic E-state index is 5.74. The van der Waals surface area contributed by atoms with Crippen molar-refractivity contribution in [1.29, 1.82) is 0 Å². The number of aryl methyl sites for hydroxylation is 1. The van der Waals surface area contributed by atoms with Gasteiger partial charge in [0, 0.05) is 18.9 Å². The first-order valence-electron chi connectivity index (χ1n) is 6.88. The summed E-state index contributed by atoms with van der Waals surface area (Å²) in [6.07, 6.45) is 0.894. The van der Waals surface area contributed by atoms with Crippen molar-refractivity contribution in [2.24, 2.45) is 0 Å². The first-order valence-corrected chi connectivity index (χ1v) is 6.88. The van der Waals surface area contributed by atoms with Crippen molar-refractivity contribution in [2.45, 2.75) is 13.3 Å². The minimum Gasteiger partial charge on any atom is -0.493 e. The number of benzene rings is 2. The SMILES string of the molecule is Cc1nnc(-c2ccc(OCCc3ccccc3)cc2)o1. The predicted molar refractivity (Wildman–Crippen MR) is 80.1 cm³/mol. The second kappa shape index (κ2) is 6.22. The van der Waals surface area contributed by atoms with Crippen molar-refractivity contribution < 1.29 is 9.15 Å². The highest BCUT2D eigenvalue weighted by Crippen LogP contribution is 2.21. The van der Waals surface area contributed by atoms with Crippen molar-refractivity contribution >= 4 is 0 Å². The van der Waals surface area contributed by atoms with Gasteiger partial charge in [-0.15, -0.1) is 10.2 Å². The lowest BCUT2D eigenvalue weighted by Crippen LogP contribution is -2.00. The van der Waals surface area contributed by atoms with Crippen LogP contribution in [0.2, 0.25) is 0 Å². The van der Waals surface area contributed by atoms with Gasteiger partial charge in [-0.25, -0.2) is 0 Å². The van der Waals surface area contributed by atoms with Crippen molar-refractivity contribution in [3.63, 3.8) is 0 Å². The molecule has 0 saturated carbocycles. The fraction of sp³-hybridized carbons (Fsp3) is 0.176. The molecule has 1 aromatic heterocycles.